The van der Waals surface area contributed by atoms with E-state index in [-0.39, 0.29) is 16.6 Å². The van der Waals surface area contributed by atoms with Crippen molar-refractivity contribution >= 4 is 10.0 Å². The van der Waals surface area contributed by atoms with Crippen molar-refractivity contribution in [1.29, 1.82) is 0 Å². The van der Waals surface area contributed by atoms with Crippen LogP contribution in [0.2, 0.25) is 0 Å². The fraction of sp³-hybridized carbons (Fsp3) is 0.625. The molecule has 0 aromatic heterocycles. The van der Waals surface area contributed by atoms with E-state index in [1.807, 2.05) is 24.3 Å². The summed E-state index contributed by atoms with van der Waals surface area (Å²) in [5, 5.41) is 0. The molecule has 1 fully saturated rings. The number of benzene rings is 1. The highest BCUT2D eigenvalue weighted by molar-refractivity contribution is 7.88. The minimum absolute atomic E-state index is 0.0193. The van der Waals surface area contributed by atoms with Gasteiger partial charge in [0.25, 0.3) is 0 Å². The minimum atomic E-state index is -3.29. The van der Waals surface area contributed by atoms with Crippen LogP contribution in [-0.4, -0.2) is 15.0 Å². The summed E-state index contributed by atoms with van der Waals surface area (Å²) < 4.78 is 27.1. The van der Waals surface area contributed by atoms with Crippen LogP contribution in [0.25, 0.3) is 0 Å². The molecule has 1 aromatic rings. The number of nitrogens with two attached hydrogens (primary N) is 1. The van der Waals surface area contributed by atoms with Crippen LogP contribution in [0.5, 0.6) is 0 Å². The average molecular weight is 310 g/mol. The summed E-state index contributed by atoms with van der Waals surface area (Å²) in [6.45, 7) is 9.75. The SMILES string of the molecule is CC1(C)C(CNS(=O)(=O)Cc2ccc(CN)cc2)C1(C)C. The molecule has 1 aliphatic rings. The maximum Gasteiger partial charge on any atom is 0.215 e. The van der Waals surface area contributed by atoms with Gasteiger partial charge in [0.2, 0.25) is 10.0 Å². The Hall–Kier alpha value is -0.910. The Balaban J connectivity index is 1.94. The van der Waals surface area contributed by atoms with E-state index in [4.69, 9.17) is 5.73 Å². The molecule has 0 aliphatic heterocycles. The van der Waals surface area contributed by atoms with Crippen LogP contribution in [0.15, 0.2) is 24.3 Å². The lowest BCUT2D eigenvalue weighted by Crippen LogP contribution is -2.28. The number of hydrogen-bond donors (Lipinski definition) is 2. The van der Waals surface area contributed by atoms with Crippen LogP contribution in [0.4, 0.5) is 0 Å². The van der Waals surface area contributed by atoms with Crippen LogP contribution in [0.1, 0.15) is 38.8 Å². The number of rotatable bonds is 6. The summed E-state index contributed by atoms with van der Waals surface area (Å²) >= 11 is 0. The van der Waals surface area contributed by atoms with Crippen LogP contribution in [-0.2, 0) is 22.3 Å². The van der Waals surface area contributed by atoms with E-state index in [1.165, 1.54) is 0 Å². The first-order valence-electron chi connectivity index (χ1n) is 7.35. The Labute approximate surface area is 128 Å². The highest BCUT2D eigenvalue weighted by Crippen LogP contribution is 2.67. The first kappa shape index (κ1) is 16.5. The molecule has 0 radical (unpaired) electrons. The predicted octanol–water partition coefficient (Wildman–Crippen LogP) is 2.25. The number of hydrogen-bond acceptors (Lipinski definition) is 3. The van der Waals surface area contributed by atoms with E-state index in [0.717, 1.165) is 11.1 Å². The minimum Gasteiger partial charge on any atom is -0.326 e. The molecule has 3 N–H and O–H groups in total. The third-order valence-electron chi connectivity index (χ3n) is 5.44. The van der Waals surface area contributed by atoms with Gasteiger partial charge in [-0.3, -0.25) is 0 Å². The highest BCUT2D eigenvalue weighted by Gasteiger charge is 2.64. The van der Waals surface area contributed by atoms with Gasteiger partial charge in [0, 0.05) is 13.1 Å². The molecule has 0 atom stereocenters. The van der Waals surface area contributed by atoms with Gasteiger partial charge >= 0.3 is 0 Å². The van der Waals surface area contributed by atoms with Gasteiger partial charge in [-0.2, -0.15) is 0 Å². The largest absolute Gasteiger partial charge is 0.326 e. The molecule has 1 aliphatic carbocycles. The smallest absolute Gasteiger partial charge is 0.215 e. The molecule has 0 amide bonds. The Kier molecular flexibility index (Phi) is 4.21. The molecule has 2 rings (SSSR count). The Morgan fingerprint density at radius 3 is 1.95 bits per heavy atom. The lowest BCUT2D eigenvalue weighted by Gasteiger charge is -2.08. The van der Waals surface area contributed by atoms with Crippen molar-refractivity contribution in [3.05, 3.63) is 35.4 Å². The van der Waals surface area contributed by atoms with Gasteiger partial charge in [-0.25, -0.2) is 13.1 Å². The van der Waals surface area contributed by atoms with Gasteiger partial charge in [-0.15, -0.1) is 0 Å². The first-order chi connectivity index (χ1) is 9.60. The Morgan fingerprint density at radius 2 is 1.52 bits per heavy atom. The van der Waals surface area contributed by atoms with Crippen molar-refractivity contribution in [3.63, 3.8) is 0 Å². The standard InChI is InChI=1S/C16H26N2O2S/c1-15(2)14(16(15,3)4)10-18-21(19,20)11-13-7-5-12(9-17)6-8-13/h5-8,14,18H,9-11,17H2,1-4H3. The fourth-order valence-electron chi connectivity index (χ4n) is 3.10. The summed E-state index contributed by atoms with van der Waals surface area (Å²) in [7, 11) is -3.29. The molecule has 21 heavy (non-hydrogen) atoms. The van der Waals surface area contributed by atoms with Crippen molar-refractivity contribution < 1.29 is 8.42 Å². The van der Waals surface area contributed by atoms with Crippen molar-refractivity contribution in [3.8, 4) is 0 Å². The van der Waals surface area contributed by atoms with Gasteiger partial charge < -0.3 is 5.73 Å². The zero-order valence-electron chi connectivity index (χ0n) is 13.3. The molecular formula is C16H26N2O2S. The monoisotopic (exact) mass is 310 g/mol. The lowest BCUT2D eigenvalue weighted by atomic mass is 10.0. The van der Waals surface area contributed by atoms with Crippen molar-refractivity contribution in [2.24, 2.45) is 22.5 Å². The molecule has 0 bridgehead atoms. The highest BCUT2D eigenvalue weighted by atomic mass is 32.2. The molecule has 1 saturated carbocycles. The normalized spacial score (nSPS) is 20.4. The van der Waals surface area contributed by atoms with Gasteiger partial charge in [-0.05, 0) is 27.9 Å². The van der Waals surface area contributed by atoms with Gasteiger partial charge in [0.15, 0.2) is 0 Å². The molecule has 0 unspecified atom stereocenters. The van der Waals surface area contributed by atoms with Gasteiger partial charge in [0.05, 0.1) is 5.75 Å². The van der Waals surface area contributed by atoms with Gasteiger partial charge in [0.1, 0.15) is 0 Å². The third-order valence-corrected chi connectivity index (χ3v) is 6.76. The van der Waals surface area contributed by atoms with Gasteiger partial charge in [-0.1, -0.05) is 52.0 Å². The van der Waals surface area contributed by atoms with E-state index in [9.17, 15) is 8.42 Å². The molecule has 0 saturated heterocycles. The fourth-order valence-corrected chi connectivity index (χ4v) is 4.25. The van der Waals surface area contributed by atoms with Crippen LogP contribution >= 0.6 is 0 Å². The molecule has 0 heterocycles. The molecule has 118 valence electrons. The summed E-state index contributed by atoms with van der Waals surface area (Å²) in [4.78, 5) is 0. The second-order valence-electron chi connectivity index (χ2n) is 7.12. The van der Waals surface area contributed by atoms with E-state index in [2.05, 4.69) is 32.4 Å². The Bertz CT molecular complexity index is 590. The molecule has 0 spiro atoms. The summed E-state index contributed by atoms with van der Waals surface area (Å²) in [6, 6.07) is 7.40. The maximum absolute atomic E-state index is 12.2. The molecular weight excluding hydrogens is 284 g/mol. The van der Waals surface area contributed by atoms with Crippen molar-refractivity contribution in [2.75, 3.05) is 6.54 Å². The van der Waals surface area contributed by atoms with Crippen molar-refractivity contribution in [1.82, 2.24) is 4.72 Å². The quantitative estimate of drug-likeness (QED) is 0.846. The Morgan fingerprint density at radius 1 is 1.05 bits per heavy atom. The third kappa shape index (κ3) is 3.30. The second-order valence-corrected chi connectivity index (χ2v) is 8.93. The summed E-state index contributed by atoms with van der Waals surface area (Å²) in [6.07, 6.45) is 0. The van der Waals surface area contributed by atoms with E-state index < -0.39 is 10.0 Å². The first-order valence-corrected chi connectivity index (χ1v) is 9.00. The molecule has 4 nitrogen and oxygen atoms in total. The number of sulfonamides is 1. The maximum atomic E-state index is 12.2. The van der Waals surface area contributed by atoms with E-state index in [0.29, 0.717) is 19.0 Å². The van der Waals surface area contributed by atoms with Crippen LogP contribution in [0.3, 0.4) is 0 Å². The zero-order chi connectivity index (χ0) is 15.9. The molecule has 1 aromatic carbocycles. The lowest BCUT2D eigenvalue weighted by molar-refractivity contribution is 0.457. The predicted molar refractivity (Wildman–Crippen MR) is 86.0 cm³/mol. The number of nitrogens with one attached hydrogen (secondary N) is 1. The van der Waals surface area contributed by atoms with E-state index in [1.54, 1.807) is 0 Å². The summed E-state index contributed by atoms with van der Waals surface area (Å²) in [5.74, 6) is 0.408. The zero-order valence-corrected chi connectivity index (χ0v) is 14.1. The van der Waals surface area contributed by atoms with Crippen LogP contribution in [0, 0.1) is 16.7 Å². The van der Waals surface area contributed by atoms with E-state index >= 15 is 0 Å². The van der Waals surface area contributed by atoms with Crippen molar-refractivity contribution in [2.45, 2.75) is 40.0 Å². The second kappa shape index (κ2) is 5.38. The van der Waals surface area contributed by atoms with Crippen LogP contribution < -0.4 is 10.5 Å². The summed E-state index contributed by atoms with van der Waals surface area (Å²) in [5.41, 5.74) is 7.71. The topological polar surface area (TPSA) is 72.2 Å². The average Bonchev–Trinajstić information content (AvgIpc) is 2.77. The molecule has 5 heteroatoms.